The lowest BCUT2D eigenvalue weighted by atomic mass is 9.70. The Morgan fingerprint density at radius 2 is 1.50 bits per heavy atom. The van der Waals surface area contributed by atoms with E-state index >= 15 is 0 Å². The Morgan fingerprint density at radius 1 is 0.923 bits per heavy atom. The van der Waals surface area contributed by atoms with E-state index in [1.54, 1.807) is 0 Å². The topological polar surface area (TPSA) is 17.1 Å². The zero-order chi connectivity index (χ0) is 18.1. The molecule has 1 heteroatoms. The molecular weight excluding hydrogens is 316 g/mol. The fourth-order valence-electron chi connectivity index (χ4n) is 5.45. The Bertz CT molecular complexity index is 1050. The molecule has 2 fully saturated rings. The molecule has 2 unspecified atom stereocenters. The second-order valence-corrected chi connectivity index (χ2v) is 8.81. The fraction of sp³-hybridized carbons (Fsp3) is 0.320. The second kappa shape index (κ2) is 5.07. The van der Waals surface area contributed by atoms with E-state index in [1.165, 1.54) is 27.1 Å². The minimum absolute atomic E-state index is 0.0519. The Balaban J connectivity index is 1.82. The smallest absolute Gasteiger partial charge is 0.165 e. The summed E-state index contributed by atoms with van der Waals surface area (Å²) in [7, 11) is 0. The lowest BCUT2D eigenvalue weighted by Gasteiger charge is -2.31. The summed E-state index contributed by atoms with van der Waals surface area (Å²) in [5.74, 6) is 0.744. The number of carbonyl (C=O) groups excluding carboxylic acids is 1. The van der Waals surface area contributed by atoms with Gasteiger partial charge in [-0.05, 0) is 63.4 Å². The van der Waals surface area contributed by atoms with Crippen molar-refractivity contribution in [1.82, 2.24) is 0 Å². The van der Waals surface area contributed by atoms with Crippen LogP contribution >= 0.6 is 0 Å². The maximum Gasteiger partial charge on any atom is 0.165 e. The van der Waals surface area contributed by atoms with E-state index in [0.29, 0.717) is 11.7 Å². The van der Waals surface area contributed by atoms with Crippen LogP contribution in [0.3, 0.4) is 0 Å². The van der Waals surface area contributed by atoms with Gasteiger partial charge in [-0.25, -0.2) is 0 Å². The molecule has 1 nitrogen and oxygen atoms in total. The highest BCUT2D eigenvalue weighted by Gasteiger charge is 2.63. The van der Waals surface area contributed by atoms with Crippen LogP contribution < -0.4 is 0 Å². The summed E-state index contributed by atoms with van der Waals surface area (Å²) in [6.07, 6.45) is 4.38. The average molecular weight is 340 g/mol. The Labute approximate surface area is 154 Å². The number of allylic oxidation sites excluding steroid dienone is 1. The van der Waals surface area contributed by atoms with Crippen LogP contribution in [0.5, 0.6) is 0 Å². The average Bonchev–Trinajstić information content (AvgIpc) is 2.95. The van der Waals surface area contributed by atoms with Gasteiger partial charge < -0.3 is 0 Å². The van der Waals surface area contributed by atoms with Gasteiger partial charge in [-0.15, -0.1) is 0 Å². The number of rotatable bonds is 1. The number of fused-ring (bicyclic) bond motifs is 4. The van der Waals surface area contributed by atoms with Gasteiger partial charge in [0.05, 0.1) is 0 Å². The maximum atomic E-state index is 13.3. The van der Waals surface area contributed by atoms with E-state index in [1.807, 2.05) is 0 Å². The van der Waals surface area contributed by atoms with Crippen molar-refractivity contribution in [3.8, 4) is 0 Å². The summed E-state index contributed by atoms with van der Waals surface area (Å²) < 4.78 is 0. The first-order chi connectivity index (χ1) is 12.4. The molecule has 130 valence electrons. The predicted molar refractivity (Wildman–Crippen MR) is 109 cm³/mol. The zero-order valence-corrected chi connectivity index (χ0v) is 15.7. The molecule has 0 spiro atoms. The highest BCUT2D eigenvalue weighted by Crippen LogP contribution is 2.65. The van der Waals surface area contributed by atoms with Crippen LogP contribution in [0.4, 0.5) is 0 Å². The van der Waals surface area contributed by atoms with Gasteiger partial charge in [0.25, 0.3) is 0 Å². The van der Waals surface area contributed by atoms with Crippen LogP contribution in [0, 0.1) is 16.7 Å². The van der Waals surface area contributed by atoms with Gasteiger partial charge in [-0.1, -0.05) is 69.3 Å². The molecule has 0 aromatic heterocycles. The molecule has 2 atom stereocenters. The Hall–Kier alpha value is -2.41. The van der Waals surface area contributed by atoms with E-state index in [0.717, 1.165) is 18.4 Å². The van der Waals surface area contributed by atoms with Crippen LogP contribution in [0.25, 0.3) is 27.6 Å². The van der Waals surface area contributed by atoms with Crippen molar-refractivity contribution in [2.45, 2.75) is 33.6 Å². The van der Waals surface area contributed by atoms with E-state index in [2.05, 4.69) is 81.4 Å². The summed E-state index contributed by atoms with van der Waals surface area (Å²) in [5, 5.41) is 4.94. The summed E-state index contributed by atoms with van der Waals surface area (Å²) in [6, 6.07) is 19.3. The molecule has 2 saturated carbocycles. The molecule has 2 bridgehead atoms. The largest absolute Gasteiger partial charge is 0.294 e. The van der Waals surface area contributed by atoms with Crippen molar-refractivity contribution in [3.63, 3.8) is 0 Å². The minimum atomic E-state index is -0.204. The first-order valence-corrected chi connectivity index (χ1v) is 9.60. The van der Waals surface area contributed by atoms with Gasteiger partial charge >= 0.3 is 0 Å². The van der Waals surface area contributed by atoms with Crippen LogP contribution in [-0.2, 0) is 4.79 Å². The van der Waals surface area contributed by atoms with Gasteiger partial charge in [-0.2, -0.15) is 0 Å². The van der Waals surface area contributed by atoms with Crippen molar-refractivity contribution in [2.24, 2.45) is 16.7 Å². The molecular formula is C25H24O. The highest BCUT2D eigenvalue weighted by atomic mass is 16.1. The molecule has 5 rings (SSSR count). The van der Waals surface area contributed by atoms with Gasteiger partial charge in [0.2, 0.25) is 0 Å². The first kappa shape index (κ1) is 15.8. The molecule has 2 aliphatic rings. The number of hydrogen-bond acceptors (Lipinski definition) is 1. The number of Topliss-reactive ketones (excluding diaryl/α,β-unsaturated/α-hetero) is 1. The highest BCUT2D eigenvalue weighted by molar-refractivity contribution is 6.13. The van der Waals surface area contributed by atoms with Gasteiger partial charge in [0.15, 0.2) is 5.78 Å². The summed E-state index contributed by atoms with van der Waals surface area (Å²) >= 11 is 0. The van der Waals surface area contributed by atoms with Crippen LogP contribution in [0.1, 0.15) is 39.2 Å². The standard InChI is InChI=1S/C25H24O/c1-24(2)22-12-13-25(24,3)23(26)21(22)15-20-18-10-6-4-8-16(18)14-17-9-5-7-11-19(17)20/h4-11,14-15,22H,12-13H2,1-3H3. The molecule has 0 amide bonds. The second-order valence-electron chi connectivity index (χ2n) is 8.81. The lowest BCUT2D eigenvalue weighted by Crippen LogP contribution is -2.32. The van der Waals surface area contributed by atoms with E-state index in [9.17, 15) is 4.79 Å². The fourth-order valence-corrected chi connectivity index (χ4v) is 5.45. The molecule has 0 N–H and O–H groups in total. The molecule has 3 aromatic rings. The molecule has 0 saturated heterocycles. The number of carbonyl (C=O) groups is 1. The molecule has 0 radical (unpaired) electrons. The monoisotopic (exact) mass is 340 g/mol. The molecule has 0 aliphatic heterocycles. The number of hydrogen-bond donors (Lipinski definition) is 0. The summed E-state index contributed by atoms with van der Waals surface area (Å²) in [4.78, 5) is 13.3. The molecule has 0 heterocycles. The molecule has 26 heavy (non-hydrogen) atoms. The van der Waals surface area contributed by atoms with Crippen molar-refractivity contribution in [3.05, 3.63) is 65.7 Å². The normalized spacial score (nSPS) is 28.5. The predicted octanol–water partition coefficient (Wildman–Crippen LogP) is 6.40. The summed E-state index contributed by atoms with van der Waals surface area (Å²) in [6.45, 7) is 6.74. The van der Waals surface area contributed by atoms with Gasteiger partial charge in [0, 0.05) is 11.0 Å². The van der Waals surface area contributed by atoms with E-state index in [-0.39, 0.29) is 10.8 Å². The number of ketones is 1. The third kappa shape index (κ3) is 1.84. The van der Waals surface area contributed by atoms with Crippen molar-refractivity contribution < 1.29 is 4.79 Å². The zero-order valence-electron chi connectivity index (χ0n) is 15.7. The molecule has 3 aromatic carbocycles. The van der Waals surface area contributed by atoms with Crippen LogP contribution in [0.15, 0.2) is 60.2 Å². The third-order valence-electron chi connectivity index (χ3n) is 7.48. The summed E-state index contributed by atoms with van der Waals surface area (Å²) in [5.41, 5.74) is 2.10. The quantitative estimate of drug-likeness (QED) is 0.370. The van der Waals surface area contributed by atoms with Gasteiger partial charge in [-0.3, -0.25) is 4.79 Å². The Morgan fingerprint density at radius 3 is 2.04 bits per heavy atom. The van der Waals surface area contributed by atoms with Crippen LogP contribution in [-0.4, -0.2) is 5.78 Å². The maximum absolute atomic E-state index is 13.3. The van der Waals surface area contributed by atoms with Crippen LogP contribution in [0.2, 0.25) is 0 Å². The SMILES string of the molecule is CC12CCC(C(=Cc3c4ccccc4cc4ccccc34)C1=O)C2(C)C. The Kier molecular flexibility index (Phi) is 3.08. The molecule has 2 aliphatic carbocycles. The first-order valence-electron chi connectivity index (χ1n) is 9.60. The van der Waals surface area contributed by atoms with E-state index < -0.39 is 0 Å². The van der Waals surface area contributed by atoms with E-state index in [4.69, 9.17) is 0 Å². The van der Waals surface area contributed by atoms with Crippen molar-refractivity contribution >= 4 is 33.4 Å². The van der Waals surface area contributed by atoms with Gasteiger partial charge in [0.1, 0.15) is 0 Å². The minimum Gasteiger partial charge on any atom is -0.294 e. The lowest BCUT2D eigenvalue weighted by molar-refractivity contribution is -0.125. The number of benzene rings is 3. The third-order valence-corrected chi connectivity index (χ3v) is 7.48. The van der Waals surface area contributed by atoms with Crippen molar-refractivity contribution in [2.75, 3.05) is 0 Å². The van der Waals surface area contributed by atoms with Crippen molar-refractivity contribution in [1.29, 1.82) is 0 Å².